The number of para-hydroxylation sites is 1. The molecular formula is C14H19NO2. The molecule has 92 valence electrons. The van der Waals surface area contributed by atoms with E-state index in [-0.39, 0.29) is 12.1 Å². The Labute approximate surface area is 102 Å². The standard InChI is InChI=1S/C14H19NO2/c15-12-8-14(10-4-3-7-16-9-10)17-13-6-2-1-5-11(12)13/h1-2,5-6,10,12,14H,3-4,7-9,15H2. The first-order valence-corrected chi connectivity index (χ1v) is 6.43. The van der Waals surface area contributed by atoms with Crippen molar-refractivity contribution in [1.82, 2.24) is 0 Å². The van der Waals surface area contributed by atoms with E-state index in [0.717, 1.165) is 37.4 Å². The van der Waals surface area contributed by atoms with E-state index in [1.807, 2.05) is 18.2 Å². The summed E-state index contributed by atoms with van der Waals surface area (Å²) < 4.78 is 11.6. The van der Waals surface area contributed by atoms with E-state index in [0.29, 0.717) is 5.92 Å². The van der Waals surface area contributed by atoms with Gasteiger partial charge in [0.25, 0.3) is 0 Å². The molecule has 0 amide bonds. The van der Waals surface area contributed by atoms with Crippen molar-refractivity contribution in [3.05, 3.63) is 29.8 Å². The van der Waals surface area contributed by atoms with Crippen LogP contribution in [-0.2, 0) is 4.74 Å². The highest BCUT2D eigenvalue weighted by atomic mass is 16.5. The van der Waals surface area contributed by atoms with E-state index in [4.69, 9.17) is 15.2 Å². The Hall–Kier alpha value is -1.06. The van der Waals surface area contributed by atoms with Gasteiger partial charge in [0, 0.05) is 30.6 Å². The largest absolute Gasteiger partial charge is 0.490 e. The lowest BCUT2D eigenvalue weighted by Crippen LogP contribution is -2.38. The SMILES string of the molecule is NC1CC(C2CCCOC2)Oc2ccccc21. The molecule has 1 fully saturated rings. The fourth-order valence-electron chi connectivity index (χ4n) is 2.83. The molecule has 3 unspecified atom stereocenters. The average Bonchev–Trinajstić information content (AvgIpc) is 2.40. The van der Waals surface area contributed by atoms with E-state index in [1.54, 1.807) is 0 Å². The van der Waals surface area contributed by atoms with Crippen LogP contribution in [0.15, 0.2) is 24.3 Å². The maximum atomic E-state index is 6.22. The fraction of sp³-hybridized carbons (Fsp3) is 0.571. The maximum Gasteiger partial charge on any atom is 0.124 e. The van der Waals surface area contributed by atoms with Crippen molar-refractivity contribution in [2.45, 2.75) is 31.4 Å². The number of hydrogen-bond acceptors (Lipinski definition) is 3. The Kier molecular flexibility index (Phi) is 3.04. The molecule has 0 radical (unpaired) electrons. The molecule has 1 saturated heterocycles. The van der Waals surface area contributed by atoms with Crippen molar-refractivity contribution >= 4 is 0 Å². The predicted octanol–water partition coefficient (Wildman–Crippen LogP) is 2.26. The first-order chi connectivity index (χ1) is 8.34. The minimum atomic E-state index is 0.104. The van der Waals surface area contributed by atoms with Crippen molar-refractivity contribution in [2.24, 2.45) is 11.7 Å². The van der Waals surface area contributed by atoms with Gasteiger partial charge in [0.1, 0.15) is 11.9 Å². The van der Waals surface area contributed by atoms with Crippen LogP contribution in [0.4, 0.5) is 0 Å². The Morgan fingerprint density at radius 1 is 1.24 bits per heavy atom. The zero-order chi connectivity index (χ0) is 11.7. The van der Waals surface area contributed by atoms with Gasteiger partial charge in [-0.25, -0.2) is 0 Å². The molecule has 0 saturated carbocycles. The van der Waals surface area contributed by atoms with Crippen LogP contribution in [-0.4, -0.2) is 19.3 Å². The highest BCUT2D eigenvalue weighted by molar-refractivity contribution is 5.37. The fourth-order valence-corrected chi connectivity index (χ4v) is 2.83. The van der Waals surface area contributed by atoms with Crippen molar-refractivity contribution in [3.63, 3.8) is 0 Å². The summed E-state index contributed by atoms with van der Waals surface area (Å²) in [6.07, 6.45) is 3.46. The number of fused-ring (bicyclic) bond motifs is 1. The molecule has 0 spiro atoms. The Balaban J connectivity index is 1.78. The van der Waals surface area contributed by atoms with Gasteiger partial charge in [-0.1, -0.05) is 18.2 Å². The molecule has 2 heterocycles. The third-order valence-electron chi connectivity index (χ3n) is 3.80. The molecule has 1 aromatic carbocycles. The van der Waals surface area contributed by atoms with Crippen molar-refractivity contribution in [3.8, 4) is 5.75 Å². The Morgan fingerprint density at radius 3 is 2.94 bits per heavy atom. The summed E-state index contributed by atoms with van der Waals surface area (Å²) in [6, 6.07) is 8.21. The number of ether oxygens (including phenoxy) is 2. The molecule has 0 aromatic heterocycles. The second-order valence-electron chi connectivity index (χ2n) is 5.01. The Bertz CT molecular complexity index is 388. The number of nitrogens with two attached hydrogens (primary N) is 1. The number of benzene rings is 1. The lowest BCUT2D eigenvalue weighted by atomic mass is 9.87. The molecule has 0 bridgehead atoms. The second-order valence-corrected chi connectivity index (χ2v) is 5.01. The number of hydrogen-bond donors (Lipinski definition) is 1. The summed E-state index contributed by atoms with van der Waals surface area (Å²) in [5, 5.41) is 0. The zero-order valence-electron chi connectivity index (χ0n) is 9.97. The van der Waals surface area contributed by atoms with Gasteiger partial charge in [-0.2, -0.15) is 0 Å². The molecule has 0 aliphatic carbocycles. The molecule has 2 N–H and O–H groups in total. The van der Waals surface area contributed by atoms with Crippen LogP contribution in [0.3, 0.4) is 0 Å². The zero-order valence-corrected chi connectivity index (χ0v) is 9.97. The second kappa shape index (κ2) is 4.67. The third kappa shape index (κ3) is 2.17. The minimum Gasteiger partial charge on any atom is -0.490 e. The average molecular weight is 233 g/mol. The van der Waals surface area contributed by atoms with Crippen LogP contribution in [0.5, 0.6) is 5.75 Å². The Morgan fingerprint density at radius 2 is 2.12 bits per heavy atom. The lowest BCUT2D eigenvalue weighted by molar-refractivity contribution is -0.00923. The smallest absolute Gasteiger partial charge is 0.124 e. The van der Waals surface area contributed by atoms with Crippen LogP contribution < -0.4 is 10.5 Å². The van der Waals surface area contributed by atoms with E-state index in [1.165, 1.54) is 6.42 Å². The summed E-state index contributed by atoms with van der Waals surface area (Å²) in [5.74, 6) is 1.46. The topological polar surface area (TPSA) is 44.5 Å². The summed E-state index contributed by atoms with van der Waals surface area (Å²) >= 11 is 0. The van der Waals surface area contributed by atoms with Gasteiger partial charge in [-0.15, -0.1) is 0 Å². The summed E-state index contributed by atoms with van der Waals surface area (Å²) in [5.41, 5.74) is 7.36. The van der Waals surface area contributed by atoms with Crippen molar-refractivity contribution in [1.29, 1.82) is 0 Å². The summed E-state index contributed by atoms with van der Waals surface area (Å²) in [4.78, 5) is 0. The van der Waals surface area contributed by atoms with Gasteiger partial charge in [0.05, 0.1) is 6.61 Å². The van der Waals surface area contributed by atoms with Crippen LogP contribution in [0.1, 0.15) is 30.9 Å². The summed E-state index contributed by atoms with van der Waals surface area (Å²) in [6.45, 7) is 1.71. The highest BCUT2D eigenvalue weighted by Gasteiger charge is 2.32. The van der Waals surface area contributed by atoms with E-state index in [9.17, 15) is 0 Å². The van der Waals surface area contributed by atoms with E-state index >= 15 is 0 Å². The molecule has 3 nitrogen and oxygen atoms in total. The third-order valence-corrected chi connectivity index (χ3v) is 3.80. The molecule has 17 heavy (non-hydrogen) atoms. The van der Waals surface area contributed by atoms with Crippen LogP contribution in [0, 0.1) is 5.92 Å². The van der Waals surface area contributed by atoms with Gasteiger partial charge in [0.15, 0.2) is 0 Å². The quantitative estimate of drug-likeness (QED) is 0.809. The molecule has 2 aliphatic heterocycles. The molecule has 3 heteroatoms. The van der Waals surface area contributed by atoms with Crippen molar-refractivity contribution in [2.75, 3.05) is 13.2 Å². The van der Waals surface area contributed by atoms with E-state index < -0.39 is 0 Å². The monoisotopic (exact) mass is 233 g/mol. The van der Waals surface area contributed by atoms with Gasteiger partial charge in [-0.3, -0.25) is 0 Å². The van der Waals surface area contributed by atoms with Crippen LogP contribution >= 0.6 is 0 Å². The normalized spacial score (nSPS) is 32.6. The number of rotatable bonds is 1. The molecule has 3 atom stereocenters. The van der Waals surface area contributed by atoms with E-state index in [2.05, 4.69) is 6.07 Å². The predicted molar refractivity (Wildman–Crippen MR) is 65.9 cm³/mol. The van der Waals surface area contributed by atoms with Crippen LogP contribution in [0.2, 0.25) is 0 Å². The lowest BCUT2D eigenvalue weighted by Gasteiger charge is -2.36. The van der Waals surface area contributed by atoms with Gasteiger partial charge < -0.3 is 15.2 Å². The minimum absolute atomic E-state index is 0.104. The van der Waals surface area contributed by atoms with Gasteiger partial charge in [-0.05, 0) is 18.9 Å². The molecule has 2 aliphatic rings. The van der Waals surface area contributed by atoms with Crippen molar-refractivity contribution < 1.29 is 9.47 Å². The maximum absolute atomic E-state index is 6.22. The highest BCUT2D eigenvalue weighted by Crippen LogP contribution is 2.36. The van der Waals surface area contributed by atoms with Crippen LogP contribution in [0.25, 0.3) is 0 Å². The molecule has 1 aromatic rings. The van der Waals surface area contributed by atoms with Gasteiger partial charge >= 0.3 is 0 Å². The summed E-state index contributed by atoms with van der Waals surface area (Å²) in [7, 11) is 0. The first kappa shape index (κ1) is 11.1. The molecular weight excluding hydrogens is 214 g/mol. The van der Waals surface area contributed by atoms with Gasteiger partial charge in [0.2, 0.25) is 0 Å². The first-order valence-electron chi connectivity index (χ1n) is 6.43. The molecule has 3 rings (SSSR count).